The predicted octanol–water partition coefficient (Wildman–Crippen LogP) is 4.10. The van der Waals surface area contributed by atoms with Crippen molar-refractivity contribution in [1.82, 2.24) is 19.6 Å². The molecule has 0 fully saturated rings. The molecule has 0 unspecified atom stereocenters. The van der Waals surface area contributed by atoms with E-state index in [1.54, 1.807) is 18.7 Å². The van der Waals surface area contributed by atoms with E-state index in [0.29, 0.717) is 29.8 Å². The number of rotatable bonds is 7. The van der Waals surface area contributed by atoms with Crippen LogP contribution in [0.25, 0.3) is 16.8 Å². The summed E-state index contributed by atoms with van der Waals surface area (Å²) in [5.74, 6) is 2.66. The Bertz CT molecular complexity index is 1250. The van der Waals surface area contributed by atoms with Crippen LogP contribution in [-0.4, -0.2) is 47.9 Å². The summed E-state index contributed by atoms with van der Waals surface area (Å²) in [5, 5.41) is 8.15. The van der Waals surface area contributed by atoms with E-state index >= 15 is 0 Å². The monoisotopic (exact) mass is 432 g/mol. The predicted molar refractivity (Wildman–Crippen MR) is 127 cm³/mol. The van der Waals surface area contributed by atoms with Crippen molar-refractivity contribution in [1.29, 1.82) is 0 Å². The minimum absolute atomic E-state index is 0.629. The molecule has 0 bridgehead atoms. The third-order valence-corrected chi connectivity index (χ3v) is 5.35. The fraction of sp³-hybridized carbons (Fsp3) is 0.292. The van der Waals surface area contributed by atoms with Crippen LogP contribution >= 0.6 is 0 Å². The van der Waals surface area contributed by atoms with Crippen LogP contribution in [0.3, 0.4) is 0 Å². The molecule has 0 saturated carbocycles. The highest BCUT2D eigenvalue weighted by molar-refractivity contribution is 5.81. The summed E-state index contributed by atoms with van der Waals surface area (Å²) in [6.07, 6.45) is 0. The normalized spacial score (nSPS) is 10.9. The van der Waals surface area contributed by atoms with E-state index in [-0.39, 0.29) is 0 Å². The lowest BCUT2D eigenvalue weighted by molar-refractivity contribution is 0.355. The Hall–Kier alpha value is -3.81. The third-order valence-electron chi connectivity index (χ3n) is 5.35. The third kappa shape index (κ3) is 4.03. The Morgan fingerprint density at radius 3 is 2.31 bits per heavy atom. The summed E-state index contributed by atoms with van der Waals surface area (Å²) in [5.41, 5.74) is 5.82. The van der Waals surface area contributed by atoms with Crippen LogP contribution in [0, 0.1) is 13.8 Å². The second-order valence-corrected chi connectivity index (χ2v) is 7.77. The van der Waals surface area contributed by atoms with Gasteiger partial charge in [0.05, 0.1) is 19.9 Å². The van der Waals surface area contributed by atoms with E-state index in [9.17, 15) is 0 Å². The molecule has 4 aromatic rings. The molecule has 0 spiro atoms. The lowest BCUT2D eigenvalue weighted by Gasteiger charge is -2.13. The van der Waals surface area contributed by atoms with E-state index in [0.717, 1.165) is 33.7 Å². The highest BCUT2D eigenvalue weighted by Gasteiger charge is 2.18. The quantitative estimate of drug-likeness (QED) is 0.471. The first-order valence-corrected chi connectivity index (χ1v) is 10.4. The Morgan fingerprint density at radius 1 is 0.938 bits per heavy atom. The zero-order chi connectivity index (χ0) is 22.8. The summed E-state index contributed by atoms with van der Waals surface area (Å²) < 4.78 is 12.6. The minimum Gasteiger partial charge on any atom is -0.493 e. The van der Waals surface area contributed by atoms with Crippen molar-refractivity contribution < 1.29 is 9.47 Å². The van der Waals surface area contributed by atoms with Crippen molar-refractivity contribution in [3.63, 3.8) is 0 Å². The van der Waals surface area contributed by atoms with Crippen molar-refractivity contribution >= 4 is 17.3 Å². The first kappa shape index (κ1) is 21.4. The lowest BCUT2D eigenvalue weighted by Crippen LogP contribution is -2.11. The maximum absolute atomic E-state index is 5.48. The summed E-state index contributed by atoms with van der Waals surface area (Å²) in [7, 11) is 7.32. The molecule has 32 heavy (non-hydrogen) atoms. The van der Waals surface area contributed by atoms with Gasteiger partial charge in [-0.3, -0.25) is 0 Å². The Labute approximate surface area is 187 Å². The van der Waals surface area contributed by atoms with Gasteiger partial charge in [-0.1, -0.05) is 18.2 Å². The number of hydrogen-bond donors (Lipinski definition) is 1. The molecule has 2 heterocycles. The van der Waals surface area contributed by atoms with Gasteiger partial charge in [0.25, 0.3) is 0 Å². The fourth-order valence-electron chi connectivity index (χ4n) is 3.68. The van der Waals surface area contributed by atoms with E-state index in [1.165, 1.54) is 0 Å². The molecule has 0 saturated heterocycles. The molecule has 0 aliphatic rings. The largest absolute Gasteiger partial charge is 0.493 e. The molecule has 2 aromatic heterocycles. The van der Waals surface area contributed by atoms with Gasteiger partial charge < -0.3 is 19.7 Å². The SMILES string of the molecule is COc1ccc(-c2c(C)nn3c(NCc4ccc(N(C)C)cc4)nc(C)nc23)cc1OC. The molecule has 0 radical (unpaired) electrons. The minimum atomic E-state index is 0.629. The maximum Gasteiger partial charge on any atom is 0.227 e. The van der Waals surface area contributed by atoms with Crippen molar-refractivity contribution in [2.24, 2.45) is 0 Å². The number of hydrogen-bond acceptors (Lipinski definition) is 7. The van der Waals surface area contributed by atoms with Crippen molar-refractivity contribution in [3.05, 3.63) is 59.5 Å². The molecule has 0 aliphatic carbocycles. The molecule has 1 N–H and O–H groups in total. The number of fused-ring (bicyclic) bond motifs is 1. The van der Waals surface area contributed by atoms with Gasteiger partial charge in [-0.25, -0.2) is 4.98 Å². The number of benzene rings is 2. The van der Waals surface area contributed by atoms with Gasteiger partial charge in [0.2, 0.25) is 5.95 Å². The molecular formula is C24H28N6O2. The second kappa shape index (κ2) is 8.74. The van der Waals surface area contributed by atoms with Crippen LogP contribution in [0.5, 0.6) is 11.5 Å². The topological polar surface area (TPSA) is 76.8 Å². The molecule has 2 aromatic carbocycles. The zero-order valence-electron chi connectivity index (χ0n) is 19.3. The molecule has 8 heteroatoms. The number of aromatic nitrogens is 4. The van der Waals surface area contributed by atoms with E-state index in [4.69, 9.17) is 14.6 Å². The second-order valence-electron chi connectivity index (χ2n) is 7.77. The number of nitrogens with zero attached hydrogens (tertiary/aromatic N) is 5. The van der Waals surface area contributed by atoms with Gasteiger partial charge in [-0.15, -0.1) is 0 Å². The van der Waals surface area contributed by atoms with Crippen LogP contribution in [0.1, 0.15) is 17.1 Å². The van der Waals surface area contributed by atoms with Crippen LogP contribution < -0.4 is 19.7 Å². The molecule has 166 valence electrons. The summed E-state index contributed by atoms with van der Waals surface area (Å²) in [6.45, 7) is 4.49. The molecule has 0 amide bonds. The molecule has 8 nitrogen and oxygen atoms in total. The van der Waals surface area contributed by atoms with Gasteiger partial charge in [0, 0.05) is 31.9 Å². The average molecular weight is 433 g/mol. The van der Waals surface area contributed by atoms with E-state index in [2.05, 4.69) is 44.5 Å². The molecule has 0 aliphatic heterocycles. The summed E-state index contributed by atoms with van der Waals surface area (Å²) in [4.78, 5) is 11.4. The standard InChI is InChI=1S/C24H28N6O2/c1-15-22(18-9-12-20(31-5)21(13-18)32-6)23-26-16(2)27-24(30(23)28-15)25-14-17-7-10-19(11-8-17)29(3)4/h7-13H,14H2,1-6H3,(H,25,26,27). The lowest BCUT2D eigenvalue weighted by atomic mass is 10.1. The van der Waals surface area contributed by atoms with Gasteiger partial charge in [0.1, 0.15) is 5.82 Å². The van der Waals surface area contributed by atoms with E-state index in [1.807, 2.05) is 46.1 Å². The van der Waals surface area contributed by atoms with Crippen LogP contribution in [0.2, 0.25) is 0 Å². The highest BCUT2D eigenvalue weighted by atomic mass is 16.5. The first-order valence-electron chi connectivity index (χ1n) is 10.4. The first-order chi connectivity index (χ1) is 15.4. The average Bonchev–Trinajstić information content (AvgIpc) is 3.12. The number of methoxy groups -OCH3 is 2. The summed E-state index contributed by atoms with van der Waals surface area (Å²) in [6, 6.07) is 14.2. The van der Waals surface area contributed by atoms with Gasteiger partial charge >= 0.3 is 0 Å². The van der Waals surface area contributed by atoms with E-state index < -0.39 is 0 Å². The Balaban J connectivity index is 1.70. The summed E-state index contributed by atoms with van der Waals surface area (Å²) >= 11 is 0. The maximum atomic E-state index is 5.48. The molecule has 0 atom stereocenters. The Kier molecular flexibility index (Phi) is 5.85. The van der Waals surface area contributed by atoms with Crippen LogP contribution in [0.15, 0.2) is 42.5 Å². The zero-order valence-corrected chi connectivity index (χ0v) is 19.3. The van der Waals surface area contributed by atoms with Crippen molar-refractivity contribution in [3.8, 4) is 22.6 Å². The van der Waals surface area contributed by atoms with Crippen LogP contribution in [0.4, 0.5) is 11.6 Å². The number of ether oxygens (including phenoxy) is 2. The smallest absolute Gasteiger partial charge is 0.227 e. The number of anilines is 2. The highest BCUT2D eigenvalue weighted by Crippen LogP contribution is 2.35. The molecular weight excluding hydrogens is 404 g/mol. The number of aryl methyl sites for hydroxylation is 2. The molecule has 4 rings (SSSR count). The number of nitrogens with one attached hydrogen (secondary N) is 1. The fourth-order valence-corrected chi connectivity index (χ4v) is 3.68. The van der Waals surface area contributed by atoms with Crippen LogP contribution in [-0.2, 0) is 6.54 Å². The van der Waals surface area contributed by atoms with Gasteiger partial charge in [0.15, 0.2) is 17.1 Å². The van der Waals surface area contributed by atoms with Crippen molar-refractivity contribution in [2.75, 3.05) is 38.5 Å². The van der Waals surface area contributed by atoms with Crippen molar-refractivity contribution in [2.45, 2.75) is 20.4 Å². The van der Waals surface area contributed by atoms with Gasteiger partial charge in [-0.2, -0.15) is 14.6 Å². The Morgan fingerprint density at radius 2 is 1.66 bits per heavy atom. The van der Waals surface area contributed by atoms with Gasteiger partial charge in [-0.05, 0) is 49.2 Å².